The molecule has 0 fully saturated rings. The first kappa shape index (κ1) is 21.1. The predicted octanol–water partition coefficient (Wildman–Crippen LogP) is 0.443. The second-order valence-corrected chi connectivity index (χ2v) is 8.68. The normalized spacial score (nSPS) is 18.1. The molecule has 0 bridgehead atoms. The van der Waals surface area contributed by atoms with Crippen molar-refractivity contribution in [1.82, 2.24) is 20.3 Å². The highest BCUT2D eigenvalue weighted by molar-refractivity contribution is 7.91. The number of aryl methyl sites for hydroxylation is 1. The van der Waals surface area contributed by atoms with Crippen LogP contribution in [0.3, 0.4) is 0 Å². The van der Waals surface area contributed by atoms with Gasteiger partial charge in [-0.15, -0.1) is 0 Å². The molecule has 29 heavy (non-hydrogen) atoms. The van der Waals surface area contributed by atoms with Crippen LogP contribution >= 0.6 is 12.2 Å². The highest BCUT2D eigenvalue weighted by Crippen LogP contribution is 2.31. The third-order valence-corrected chi connectivity index (χ3v) is 6.53. The fourth-order valence-corrected chi connectivity index (χ4v) is 4.81. The van der Waals surface area contributed by atoms with Crippen molar-refractivity contribution in [2.45, 2.75) is 30.7 Å². The van der Waals surface area contributed by atoms with Gasteiger partial charge in [0.1, 0.15) is 12.4 Å². The zero-order chi connectivity index (χ0) is 21.2. The SMILES string of the molecule is CCc1cc2c(cc1S(=O)(=O)NC(=S)NC)CC(NC(=O)N1CC=CC1=O)CO2. The van der Waals surface area contributed by atoms with Crippen LogP contribution in [-0.2, 0) is 27.7 Å². The molecule has 3 N–H and O–H groups in total. The van der Waals surface area contributed by atoms with E-state index in [-0.39, 0.29) is 29.1 Å². The van der Waals surface area contributed by atoms with E-state index >= 15 is 0 Å². The summed E-state index contributed by atoms with van der Waals surface area (Å²) in [5, 5.41) is 5.34. The van der Waals surface area contributed by atoms with E-state index in [1.165, 1.54) is 13.1 Å². The number of urea groups is 1. The molecular weight excluding hydrogens is 416 g/mol. The zero-order valence-corrected chi connectivity index (χ0v) is 17.7. The molecule has 1 unspecified atom stereocenters. The molecule has 0 saturated carbocycles. The third kappa shape index (κ3) is 4.51. The Labute approximate surface area is 174 Å². The summed E-state index contributed by atoms with van der Waals surface area (Å²) in [7, 11) is -2.34. The number of imide groups is 1. The molecule has 1 aromatic rings. The molecule has 1 atom stereocenters. The Morgan fingerprint density at radius 2 is 2.14 bits per heavy atom. The molecule has 0 saturated heterocycles. The van der Waals surface area contributed by atoms with Crippen molar-refractivity contribution in [2.24, 2.45) is 0 Å². The van der Waals surface area contributed by atoms with Crippen LogP contribution in [0.1, 0.15) is 18.1 Å². The number of carbonyl (C=O) groups is 2. The minimum Gasteiger partial charge on any atom is -0.491 e. The van der Waals surface area contributed by atoms with Gasteiger partial charge in [-0.3, -0.25) is 14.4 Å². The summed E-state index contributed by atoms with van der Waals surface area (Å²) in [5.74, 6) is 0.216. The summed E-state index contributed by atoms with van der Waals surface area (Å²) in [4.78, 5) is 25.1. The number of thiocarbonyl (C=S) groups is 1. The highest BCUT2D eigenvalue weighted by atomic mass is 32.2. The molecular formula is C18H22N4O5S2. The van der Waals surface area contributed by atoms with Crippen molar-refractivity contribution >= 4 is 39.3 Å². The lowest BCUT2D eigenvalue weighted by Crippen LogP contribution is -2.49. The van der Waals surface area contributed by atoms with Gasteiger partial charge < -0.3 is 15.4 Å². The van der Waals surface area contributed by atoms with Crippen LogP contribution in [0, 0.1) is 0 Å². The third-order valence-electron chi connectivity index (χ3n) is 4.66. The number of benzene rings is 1. The van der Waals surface area contributed by atoms with Crippen molar-refractivity contribution in [1.29, 1.82) is 0 Å². The minimum absolute atomic E-state index is 0.00458. The Morgan fingerprint density at radius 1 is 1.38 bits per heavy atom. The van der Waals surface area contributed by atoms with Crippen LogP contribution in [-0.4, -0.2) is 56.6 Å². The monoisotopic (exact) mass is 438 g/mol. The first-order chi connectivity index (χ1) is 13.7. The Kier molecular flexibility index (Phi) is 6.08. The van der Waals surface area contributed by atoms with Gasteiger partial charge in [-0.2, -0.15) is 0 Å². The maximum Gasteiger partial charge on any atom is 0.324 e. The van der Waals surface area contributed by atoms with Crippen molar-refractivity contribution in [3.8, 4) is 5.75 Å². The molecule has 3 rings (SSSR count). The molecule has 0 radical (unpaired) electrons. The lowest BCUT2D eigenvalue weighted by molar-refractivity contribution is -0.122. The minimum atomic E-state index is -3.87. The van der Waals surface area contributed by atoms with Gasteiger partial charge in [0.2, 0.25) is 0 Å². The Balaban J connectivity index is 1.81. The van der Waals surface area contributed by atoms with Gasteiger partial charge in [-0.1, -0.05) is 13.0 Å². The quantitative estimate of drug-likeness (QED) is 0.584. The fourth-order valence-electron chi connectivity index (χ4n) is 3.17. The number of sulfonamides is 1. The Morgan fingerprint density at radius 3 is 2.76 bits per heavy atom. The van der Waals surface area contributed by atoms with E-state index < -0.39 is 22.1 Å². The Hall–Kier alpha value is -2.66. The van der Waals surface area contributed by atoms with E-state index in [9.17, 15) is 18.0 Å². The van der Waals surface area contributed by atoms with Crippen LogP contribution in [0.2, 0.25) is 0 Å². The smallest absolute Gasteiger partial charge is 0.324 e. The van der Waals surface area contributed by atoms with Crippen LogP contribution < -0.4 is 20.1 Å². The summed E-state index contributed by atoms with van der Waals surface area (Å²) in [5.41, 5.74) is 1.26. The van der Waals surface area contributed by atoms with Crippen LogP contribution in [0.15, 0.2) is 29.2 Å². The van der Waals surface area contributed by atoms with Gasteiger partial charge in [0, 0.05) is 19.7 Å². The number of nitrogens with one attached hydrogen (secondary N) is 3. The molecule has 2 heterocycles. The fraction of sp³-hybridized carbons (Fsp3) is 0.389. The second kappa shape index (κ2) is 8.37. The van der Waals surface area contributed by atoms with Crippen LogP contribution in [0.5, 0.6) is 5.75 Å². The zero-order valence-electron chi connectivity index (χ0n) is 16.0. The van der Waals surface area contributed by atoms with E-state index in [2.05, 4.69) is 15.4 Å². The van der Waals surface area contributed by atoms with Gasteiger partial charge in [0.25, 0.3) is 15.9 Å². The van der Waals surface area contributed by atoms with E-state index in [4.69, 9.17) is 17.0 Å². The number of fused-ring (bicyclic) bond motifs is 1. The number of rotatable bonds is 4. The molecule has 2 aliphatic heterocycles. The lowest BCUT2D eigenvalue weighted by Gasteiger charge is -2.28. The lowest BCUT2D eigenvalue weighted by atomic mass is 10.00. The van der Waals surface area contributed by atoms with E-state index in [0.29, 0.717) is 29.7 Å². The van der Waals surface area contributed by atoms with Crippen molar-refractivity contribution in [3.05, 3.63) is 35.4 Å². The van der Waals surface area contributed by atoms with E-state index in [0.717, 1.165) is 4.90 Å². The van der Waals surface area contributed by atoms with Gasteiger partial charge in [0.15, 0.2) is 5.11 Å². The average Bonchev–Trinajstić information content (AvgIpc) is 3.12. The van der Waals surface area contributed by atoms with E-state index in [1.54, 1.807) is 18.2 Å². The van der Waals surface area contributed by atoms with Crippen molar-refractivity contribution in [2.75, 3.05) is 20.2 Å². The summed E-state index contributed by atoms with van der Waals surface area (Å²) in [6.45, 7) is 2.31. The number of carbonyl (C=O) groups excluding carboxylic acids is 2. The summed E-state index contributed by atoms with van der Waals surface area (Å²) in [6.07, 6.45) is 3.82. The first-order valence-electron chi connectivity index (χ1n) is 9.06. The van der Waals surface area contributed by atoms with Crippen LogP contribution in [0.25, 0.3) is 0 Å². The number of hydrogen-bond acceptors (Lipinski definition) is 6. The summed E-state index contributed by atoms with van der Waals surface area (Å²) >= 11 is 4.92. The molecule has 2 aliphatic rings. The number of amides is 3. The van der Waals surface area contributed by atoms with Gasteiger partial charge >= 0.3 is 6.03 Å². The maximum absolute atomic E-state index is 12.7. The topological polar surface area (TPSA) is 117 Å². The number of ether oxygens (including phenoxy) is 1. The average molecular weight is 439 g/mol. The molecule has 0 aliphatic carbocycles. The molecule has 156 valence electrons. The van der Waals surface area contributed by atoms with Crippen LogP contribution in [0.4, 0.5) is 4.79 Å². The molecule has 9 nitrogen and oxygen atoms in total. The first-order valence-corrected chi connectivity index (χ1v) is 11.0. The van der Waals surface area contributed by atoms with Crippen molar-refractivity contribution in [3.63, 3.8) is 0 Å². The summed E-state index contributed by atoms with van der Waals surface area (Å²) in [6, 6.07) is 2.36. The molecule has 11 heteroatoms. The predicted molar refractivity (Wildman–Crippen MR) is 110 cm³/mol. The molecule has 3 amide bonds. The Bertz CT molecular complexity index is 990. The van der Waals surface area contributed by atoms with Crippen molar-refractivity contribution < 1.29 is 22.7 Å². The largest absolute Gasteiger partial charge is 0.491 e. The number of nitrogens with zero attached hydrogens (tertiary/aromatic N) is 1. The highest BCUT2D eigenvalue weighted by Gasteiger charge is 2.29. The number of hydrogen-bond donors (Lipinski definition) is 3. The molecule has 0 spiro atoms. The van der Waals surface area contributed by atoms with Gasteiger partial charge in [0.05, 0.1) is 10.9 Å². The van der Waals surface area contributed by atoms with Gasteiger partial charge in [-0.25, -0.2) is 13.2 Å². The second-order valence-electron chi connectivity index (χ2n) is 6.62. The van der Waals surface area contributed by atoms with Gasteiger partial charge in [-0.05, 0) is 48.3 Å². The maximum atomic E-state index is 12.7. The summed E-state index contributed by atoms with van der Waals surface area (Å²) < 4.78 is 33.5. The molecule has 0 aromatic heterocycles. The standard InChI is InChI=1S/C18H22N4O5S2/c1-3-11-8-14-12(9-15(11)29(25,26)21-17(28)19-2)7-13(10-27-14)20-18(24)22-6-4-5-16(22)23/h4-5,8-9,13H,3,6-7,10H2,1-2H3,(H,20,24)(H2,19,21,28). The van der Waals surface area contributed by atoms with E-state index in [1.807, 2.05) is 6.92 Å². The molecule has 1 aromatic carbocycles.